The fourth-order valence-electron chi connectivity index (χ4n) is 6.54. The Morgan fingerprint density at radius 2 is 1.17 bits per heavy atom. The van der Waals surface area contributed by atoms with Gasteiger partial charge in [0.25, 0.3) is 0 Å². The average Bonchev–Trinajstić information content (AvgIpc) is 3.46. The molecule has 0 saturated heterocycles. The lowest BCUT2D eigenvalue weighted by atomic mass is 9.92. The van der Waals surface area contributed by atoms with Crippen molar-refractivity contribution in [3.05, 3.63) is 186 Å². The van der Waals surface area contributed by atoms with Gasteiger partial charge in [-0.3, -0.25) is 0 Å². The summed E-state index contributed by atoms with van der Waals surface area (Å²) in [6, 6.07) is 56.2. The zero-order chi connectivity index (χ0) is 31.0. The number of aryl methyl sites for hydroxylation is 1. The lowest BCUT2D eigenvalue weighted by Crippen LogP contribution is -2.05. The van der Waals surface area contributed by atoms with E-state index in [-0.39, 0.29) is 0 Å². The highest BCUT2D eigenvalue weighted by Crippen LogP contribution is 2.37. The SMILES string of the molecule is C=C(N=C(c1ccc(-c2cc3ccccc3c3ccccc23)cc1)c1c(C)sc2ccccc12)c1cccc(-c2ccccc2)c1. The Bertz CT molecular complexity index is 2430. The third kappa shape index (κ3) is 5.03. The van der Waals surface area contributed by atoms with Crippen molar-refractivity contribution in [2.24, 2.45) is 4.99 Å². The molecule has 0 aliphatic carbocycles. The predicted molar refractivity (Wildman–Crippen MR) is 200 cm³/mol. The van der Waals surface area contributed by atoms with Gasteiger partial charge < -0.3 is 0 Å². The van der Waals surface area contributed by atoms with Crippen LogP contribution in [0.5, 0.6) is 0 Å². The van der Waals surface area contributed by atoms with Gasteiger partial charge >= 0.3 is 0 Å². The molecule has 0 saturated carbocycles. The molecule has 0 unspecified atom stereocenters. The van der Waals surface area contributed by atoms with Crippen LogP contribution in [0.15, 0.2) is 169 Å². The van der Waals surface area contributed by atoms with E-state index in [2.05, 4.69) is 165 Å². The number of aliphatic imine (C=N–C) groups is 1. The van der Waals surface area contributed by atoms with Gasteiger partial charge in [-0.05, 0) is 68.9 Å². The number of fused-ring (bicyclic) bond motifs is 4. The third-order valence-electron chi connectivity index (χ3n) is 8.80. The number of rotatable bonds is 6. The van der Waals surface area contributed by atoms with E-state index < -0.39 is 0 Å². The second-order valence-corrected chi connectivity index (χ2v) is 12.9. The summed E-state index contributed by atoms with van der Waals surface area (Å²) < 4.78 is 1.26. The molecular formula is C44H31NS. The van der Waals surface area contributed by atoms with Crippen molar-refractivity contribution in [2.75, 3.05) is 0 Å². The molecule has 7 aromatic carbocycles. The molecule has 0 radical (unpaired) electrons. The van der Waals surface area contributed by atoms with Gasteiger partial charge in [-0.1, -0.05) is 146 Å². The molecule has 0 aliphatic rings. The molecule has 0 aliphatic heterocycles. The van der Waals surface area contributed by atoms with Crippen LogP contribution in [-0.2, 0) is 0 Å². The average molecular weight is 606 g/mol. The van der Waals surface area contributed by atoms with Crippen molar-refractivity contribution in [3.8, 4) is 22.3 Å². The highest BCUT2D eigenvalue weighted by molar-refractivity contribution is 7.19. The van der Waals surface area contributed by atoms with Crippen molar-refractivity contribution >= 4 is 54.4 Å². The molecule has 0 amide bonds. The molecule has 0 atom stereocenters. The van der Waals surface area contributed by atoms with E-state index in [1.807, 2.05) is 17.4 Å². The maximum atomic E-state index is 5.33. The second kappa shape index (κ2) is 11.7. The zero-order valence-corrected chi connectivity index (χ0v) is 26.4. The predicted octanol–water partition coefficient (Wildman–Crippen LogP) is 12.4. The molecule has 0 bridgehead atoms. The molecule has 46 heavy (non-hydrogen) atoms. The topological polar surface area (TPSA) is 12.4 Å². The number of hydrogen-bond donors (Lipinski definition) is 0. The monoisotopic (exact) mass is 605 g/mol. The summed E-state index contributed by atoms with van der Waals surface area (Å²) in [4.78, 5) is 6.57. The molecule has 218 valence electrons. The van der Waals surface area contributed by atoms with Crippen LogP contribution in [0.1, 0.15) is 21.6 Å². The Morgan fingerprint density at radius 1 is 0.522 bits per heavy atom. The van der Waals surface area contributed by atoms with E-state index in [0.29, 0.717) is 0 Å². The van der Waals surface area contributed by atoms with Crippen LogP contribution in [0.3, 0.4) is 0 Å². The molecule has 1 heterocycles. The van der Waals surface area contributed by atoms with E-state index in [9.17, 15) is 0 Å². The highest BCUT2D eigenvalue weighted by atomic mass is 32.1. The zero-order valence-electron chi connectivity index (χ0n) is 25.6. The normalized spacial score (nSPS) is 11.8. The summed E-state index contributed by atoms with van der Waals surface area (Å²) in [5.74, 6) is 0. The summed E-state index contributed by atoms with van der Waals surface area (Å²) in [6.07, 6.45) is 0. The minimum atomic E-state index is 0.743. The molecule has 1 nitrogen and oxygen atoms in total. The fourth-order valence-corrected chi connectivity index (χ4v) is 7.60. The van der Waals surface area contributed by atoms with Gasteiger partial charge in [-0.25, -0.2) is 4.99 Å². The smallest absolute Gasteiger partial charge is 0.0798 e. The summed E-state index contributed by atoms with van der Waals surface area (Å²) in [5.41, 5.74) is 9.69. The van der Waals surface area contributed by atoms with Crippen molar-refractivity contribution in [2.45, 2.75) is 6.92 Å². The Labute approximate surface area is 273 Å². The molecule has 0 spiro atoms. The Kier molecular flexibility index (Phi) is 7.13. The molecular weight excluding hydrogens is 575 g/mol. The summed E-state index contributed by atoms with van der Waals surface area (Å²) >= 11 is 1.82. The van der Waals surface area contributed by atoms with E-state index in [1.165, 1.54) is 58.8 Å². The molecule has 0 N–H and O–H groups in total. The maximum absolute atomic E-state index is 5.33. The molecule has 2 heteroatoms. The van der Waals surface area contributed by atoms with Gasteiger partial charge in [0.2, 0.25) is 0 Å². The maximum Gasteiger partial charge on any atom is 0.0798 e. The van der Waals surface area contributed by atoms with Crippen LogP contribution in [-0.4, -0.2) is 5.71 Å². The van der Waals surface area contributed by atoms with Crippen LogP contribution in [0.2, 0.25) is 0 Å². The Morgan fingerprint density at radius 3 is 1.98 bits per heavy atom. The van der Waals surface area contributed by atoms with Crippen molar-refractivity contribution in [1.82, 2.24) is 0 Å². The highest BCUT2D eigenvalue weighted by Gasteiger charge is 2.18. The minimum Gasteiger partial charge on any atom is -0.248 e. The van der Waals surface area contributed by atoms with E-state index in [0.717, 1.165) is 28.1 Å². The van der Waals surface area contributed by atoms with Crippen LogP contribution in [0, 0.1) is 6.92 Å². The summed E-state index contributed by atoms with van der Waals surface area (Å²) in [6.45, 7) is 6.69. The first-order valence-electron chi connectivity index (χ1n) is 15.6. The number of nitrogens with zero attached hydrogens (tertiary/aromatic N) is 1. The first kappa shape index (κ1) is 27.9. The van der Waals surface area contributed by atoms with Gasteiger partial charge in [-0.15, -0.1) is 11.3 Å². The molecule has 8 aromatic rings. The molecule has 8 rings (SSSR count). The number of thiophene rings is 1. The van der Waals surface area contributed by atoms with E-state index in [1.54, 1.807) is 0 Å². The lowest BCUT2D eigenvalue weighted by molar-refractivity contribution is 1.47. The van der Waals surface area contributed by atoms with Crippen LogP contribution in [0.4, 0.5) is 0 Å². The van der Waals surface area contributed by atoms with Gasteiger partial charge in [0, 0.05) is 31.7 Å². The largest absolute Gasteiger partial charge is 0.248 e. The second-order valence-electron chi connectivity index (χ2n) is 11.7. The van der Waals surface area contributed by atoms with Crippen LogP contribution < -0.4 is 0 Å². The minimum absolute atomic E-state index is 0.743. The molecule has 1 aromatic heterocycles. The number of benzene rings is 7. The van der Waals surface area contributed by atoms with Crippen molar-refractivity contribution in [1.29, 1.82) is 0 Å². The number of hydrogen-bond acceptors (Lipinski definition) is 2. The van der Waals surface area contributed by atoms with Crippen LogP contribution >= 0.6 is 11.3 Å². The quantitative estimate of drug-likeness (QED) is 0.132. The van der Waals surface area contributed by atoms with Crippen molar-refractivity contribution < 1.29 is 0 Å². The lowest BCUT2D eigenvalue weighted by Gasteiger charge is -2.14. The van der Waals surface area contributed by atoms with Gasteiger partial charge in [-0.2, -0.15) is 0 Å². The van der Waals surface area contributed by atoms with Gasteiger partial charge in [0.05, 0.1) is 11.4 Å². The van der Waals surface area contributed by atoms with Crippen molar-refractivity contribution in [3.63, 3.8) is 0 Å². The standard InChI is InChI=1S/C44H31NS/c1-29(34-16-12-17-35(27-34)31-13-4-3-5-14-31)45-44(43-30(2)46-42-22-11-10-21-40(42)43)33-25-23-32(24-26-33)41-28-36-15-6-7-18-37(36)38-19-8-9-20-39(38)41/h3-28H,1H2,2H3. The Hall–Kier alpha value is -5.57. The third-order valence-corrected chi connectivity index (χ3v) is 9.88. The van der Waals surface area contributed by atoms with Gasteiger partial charge in [0.15, 0.2) is 0 Å². The summed E-state index contributed by atoms with van der Waals surface area (Å²) in [5, 5.41) is 6.28. The first-order valence-corrected chi connectivity index (χ1v) is 16.4. The van der Waals surface area contributed by atoms with Crippen LogP contribution in [0.25, 0.3) is 59.6 Å². The fraction of sp³-hybridized carbons (Fsp3) is 0.0227. The Balaban J connectivity index is 1.26. The first-order chi connectivity index (χ1) is 22.6. The molecule has 0 fully saturated rings. The summed E-state index contributed by atoms with van der Waals surface area (Å²) in [7, 11) is 0. The van der Waals surface area contributed by atoms with E-state index >= 15 is 0 Å². The van der Waals surface area contributed by atoms with Gasteiger partial charge in [0.1, 0.15) is 0 Å². The van der Waals surface area contributed by atoms with E-state index in [4.69, 9.17) is 4.99 Å².